The largest absolute Gasteiger partial charge is 0.356 e. The average molecular weight is 306 g/mol. The van der Waals surface area contributed by atoms with E-state index in [4.69, 9.17) is 26.6 Å². The van der Waals surface area contributed by atoms with Crippen LogP contribution in [0.1, 0.15) is 11.1 Å². The first-order chi connectivity index (χ1) is 10.7. The van der Waals surface area contributed by atoms with E-state index < -0.39 is 0 Å². The lowest BCUT2D eigenvalue weighted by atomic mass is 10.1. The molecule has 0 bridgehead atoms. The predicted molar refractivity (Wildman–Crippen MR) is 81.8 cm³/mol. The predicted octanol–water partition coefficient (Wildman–Crippen LogP) is 4.41. The Hall–Kier alpha value is -3.08. The smallest absolute Gasteiger partial charge is 0.167 e. The SMILES string of the molecule is N#Cc1ccc(-c2cc(-c3ccc(C#N)cc3Cl)no2)cc1. The minimum atomic E-state index is 0.443. The summed E-state index contributed by atoms with van der Waals surface area (Å²) in [5, 5.41) is 22.1. The van der Waals surface area contributed by atoms with Crippen molar-refractivity contribution in [2.45, 2.75) is 0 Å². The zero-order valence-electron chi connectivity index (χ0n) is 11.2. The van der Waals surface area contributed by atoms with Crippen LogP contribution in [-0.4, -0.2) is 5.16 Å². The number of nitrogens with zero attached hydrogens (tertiary/aromatic N) is 3. The number of rotatable bonds is 2. The molecule has 1 aromatic heterocycles. The van der Waals surface area contributed by atoms with E-state index in [0.29, 0.717) is 33.2 Å². The van der Waals surface area contributed by atoms with Crippen molar-refractivity contribution in [2.24, 2.45) is 0 Å². The molecule has 0 radical (unpaired) electrons. The molecule has 1 heterocycles. The molecule has 0 N–H and O–H groups in total. The van der Waals surface area contributed by atoms with E-state index in [1.54, 1.807) is 48.5 Å². The Morgan fingerprint density at radius 3 is 2.23 bits per heavy atom. The lowest BCUT2D eigenvalue weighted by Crippen LogP contribution is -1.81. The van der Waals surface area contributed by atoms with Gasteiger partial charge in [-0.2, -0.15) is 10.5 Å². The zero-order chi connectivity index (χ0) is 15.5. The maximum absolute atomic E-state index is 8.85. The molecule has 0 aliphatic rings. The van der Waals surface area contributed by atoms with Crippen molar-refractivity contribution in [3.63, 3.8) is 0 Å². The third-order valence-corrected chi connectivity index (χ3v) is 3.50. The topological polar surface area (TPSA) is 73.6 Å². The molecule has 0 fully saturated rings. The number of aromatic nitrogens is 1. The molecule has 2 aromatic carbocycles. The van der Waals surface area contributed by atoms with Crippen LogP contribution in [0.3, 0.4) is 0 Å². The van der Waals surface area contributed by atoms with Crippen LogP contribution in [0.5, 0.6) is 0 Å². The van der Waals surface area contributed by atoms with Gasteiger partial charge in [-0.05, 0) is 42.5 Å². The Bertz CT molecular complexity index is 914. The molecule has 104 valence electrons. The summed E-state index contributed by atoms with van der Waals surface area (Å²) in [4.78, 5) is 0. The molecule has 3 rings (SSSR count). The summed E-state index contributed by atoms with van der Waals surface area (Å²) in [6.45, 7) is 0. The third kappa shape index (κ3) is 2.56. The monoisotopic (exact) mass is 305 g/mol. The Balaban J connectivity index is 1.97. The van der Waals surface area contributed by atoms with Gasteiger partial charge in [0.25, 0.3) is 0 Å². The lowest BCUT2D eigenvalue weighted by Gasteiger charge is -1.99. The molecule has 0 aliphatic heterocycles. The summed E-state index contributed by atoms with van der Waals surface area (Å²) in [5.74, 6) is 0.583. The van der Waals surface area contributed by atoms with E-state index in [0.717, 1.165) is 5.56 Å². The van der Waals surface area contributed by atoms with E-state index in [1.165, 1.54) is 0 Å². The van der Waals surface area contributed by atoms with Gasteiger partial charge < -0.3 is 4.52 Å². The molecule has 0 unspecified atom stereocenters. The van der Waals surface area contributed by atoms with Gasteiger partial charge >= 0.3 is 0 Å². The van der Waals surface area contributed by atoms with Gasteiger partial charge in [0.2, 0.25) is 0 Å². The van der Waals surface area contributed by atoms with Gasteiger partial charge in [0.1, 0.15) is 5.69 Å². The Morgan fingerprint density at radius 1 is 0.909 bits per heavy atom. The fraction of sp³-hybridized carbons (Fsp3) is 0. The van der Waals surface area contributed by atoms with Crippen LogP contribution in [0.15, 0.2) is 53.1 Å². The van der Waals surface area contributed by atoms with E-state index >= 15 is 0 Å². The summed E-state index contributed by atoms with van der Waals surface area (Å²) in [5.41, 5.74) is 3.18. The Kier molecular flexibility index (Phi) is 3.62. The van der Waals surface area contributed by atoms with Gasteiger partial charge in [-0.3, -0.25) is 0 Å². The molecule has 22 heavy (non-hydrogen) atoms. The highest BCUT2D eigenvalue weighted by Gasteiger charge is 2.12. The zero-order valence-corrected chi connectivity index (χ0v) is 12.0. The average Bonchev–Trinajstić information content (AvgIpc) is 3.04. The van der Waals surface area contributed by atoms with Crippen LogP contribution in [0.2, 0.25) is 5.02 Å². The summed E-state index contributed by atoms with van der Waals surface area (Å²) >= 11 is 6.17. The van der Waals surface area contributed by atoms with Crippen molar-refractivity contribution in [1.29, 1.82) is 10.5 Å². The van der Waals surface area contributed by atoms with Crippen LogP contribution < -0.4 is 0 Å². The molecule has 0 atom stereocenters. The van der Waals surface area contributed by atoms with Gasteiger partial charge in [0, 0.05) is 17.2 Å². The van der Waals surface area contributed by atoms with Gasteiger partial charge in [-0.15, -0.1) is 0 Å². The van der Waals surface area contributed by atoms with Gasteiger partial charge in [0.05, 0.1) is 28.3 Å². The standard InChI is InChI=1S/C17H8ClN3O/c18-15-7-12(10-20)3-6-14(15)16-8-17(22-21-16)13-4-1-11(9-19)2-5-13/h1-8H. The number of hydrogen-bond donors (Lipinski definition) is 0. The molecule has 5 heteroatoms. The first kappa shape index (κ1) is 13.9. The van der Waals surface area contributed by atoms with Crippen molar-refractivity contribution in [2.75, 3.05) is 0 Å². The number of benzene rings is 2. The van der Waals surface area contributed by atoms with E-state index in [9.17, 15) is 0 Å². The second-order valence-electron chi connectivity index (χ2n) is 4.57. The van der Waals surface area contributed by atoms with E-state index in [-0.39, 0.29) is 0 Å². The van der Waals surface area contributed by atoms with Crippen molar-refractivity contribution < 1.29 is 4.52 Å². The minimum Gasteiger partial charge on any atom is -0.356 e. The highest BCUT2D eigenvalue weighted by Crippen LogP contribution is 2.31. The molecule has 0 amide bonds. The first-order valence-electron chi connectivity index (χ1n) is 6.38. The molecule has 3 aromatic rings. The maximum Gasteiger partial charge on any atom is 0.167 e. The first-order valence-corrected chi connectivity index (χ1v) is 6.76. The minimum absolute atomic E-state index is 0.443. The van der Waals surface area contributed by atoms with Crippen molar-refractivity contribution >= 4 is 11.6 Å². The van der Waals surface area contributed by atoms with Crippen molar-refractivity contribution in [1.82, 2.24) is 5.16 Å². The van der Waals surface area contributed by atoms with Gasteiger partial charge in [-0.25, -0.2) is 0 Å². The molecule has 0 saturated carbocycles. The summed E-state index contributed by atoms with van der Waals surface area (Å²) in [7, 11) is 0. The van der Waals surface area contributed by atoms with Crippen LogP contribution in [0, 0.1) is 22.7 Å². The highest BCUT2D eigenvalue weighted by molar-refractivity contribution is 6.33. The molecule has 0 saturated heterocycles. The molecular formula is C17H8ClN3O. The lowest BCUT2D eigenvalue weighted by molar-refractivity contribution is 0.435. The van der Waals surface area contributed by atoms with E-state index in [2.05, 4.69) is 11.2 Å². The van der Waals surface area contributed by atoms with Crippen LogP contribution >= 0.6 is 11.6 Å². The fourth-order valence-corrected chi connectivity index (χ4v) is 2.32. The molecule has 0 aliphatic carbocycles. The van der Waals surface area contributed by atoms with Crippen LogP contribution in [0.25, 0.3) is 22.6 Å². The fourth-order valence-electron chi connectivity index (χ4n) is 2.04. The maximum atomic E-state index is 8.85. The second kappa shape index (κ2) is 5.73. The van der Waals surface area contributed by atoms with Gasteiger partial charge in [-0.1, -0.05) is 16.8 Å². The van der Waals surface area contributed by atoms with Gasteiger partial charge in [0.15, 0.2) is 5.76 Å². The number of halogens is 1. The van der Waals surface area contributed by atoms with Crippen molar-refractivity contribution in [3.8, 4) is 34.7 Å². The highest BCUT2D eigenvalue weighted by atomic mass is 35.5. The third-order valence-electron chi connectivity index (χ3n) is 3.18. The number of hydrogen-bond acceptors (Lipinski definition) is 4. The summed E-state index contributed by atoms with van der Waals surface area (Å²) in [6, 6.07) is 17.9. The summed E-state index contributed by atoms with van der Waals surface area (Å²) < 4.78 is 5.33. The summed E-state index contributed by atoms with van der Waals surface area (Å²) in [6.07, 6.45) is 0. The molecule has 4 nitrogen and oxygen atoms in total. The van der Waals surface area contributed by atoms with Crippen LogP contribution in [0.4, 0.5) is 0 Å². The molecular weight excluding hydrogens is 298 g/mol. The number of nitriles is 2. The van der Waals surface area contributed by atoms with E-state index in [1.807, 2.05) is 6.07 Å². The quantitative estimate of drug-likeness (QED) is 0.703. The Morgan fingerprint density at radius 2 is 1.59 bits per heavy atom. The second-order valence-corrected chi connectivity index (χ2v) is 4.98. The van der Waals surface area contributed by atoms with Crippen molar-refractivity contribution in [3.05, 3.63) is 64.7 Å². The van der Waals surface area contributed by atoms with Crippen LogP contribution in [-0.2, 0) is 0 Å². The molecule has 0 spiro atoms. The normalized spacial score (nSPS) is 9.95. The Labute approximate surface area is 131 Å².